The monoisotopic (exact) mass is 375 g/mol. The highest BCUT2D eigenvalue weighted by Gasteiger charge is 2.23. The zero-order chi connectivity index (χ0) is 14.5. The van der Waals surface area contributed by atoms with Crippen molar-refractivity contribution in [2.75, 3.05) is 26.7 Å². The van der Waals surface area contributed by atoms with Crippen LogP contribution in [0.5, 0.6) is 0 Å². The van der Waals surface area contributed by atoms with E-state index in [4.69, 9.17) is 0 Å². The summed E-state index contributed by atoms with van der Waals surface area (Å²) < 4.78 is 1.05. The third-order valence-electron chi connectivity index (χ3n) is 3.80. The zero-order valence-electron chi connectivity index (χ0n) is 12.4. The number of benzene rings is 1. The van der Waals surface area contributed by atoms with Crippen molar-refractivity contribution in [2.24, 2.45) is 0 Å². The van der Waals surface area contributed by atoms with Crippen LogP contribution in [0.25, 0.3) is 0 Å². The Morgan fingerprint density at radius 1 is 1.43 bits per heavy atom. The average Bonchev–Trinajstić information content (AvgIpc) is 2.86. The summed E-state index contributed by atoms with van der Waals surface area (Å²) >= 11 is 3.42. The maximum Gasteiger partial charge on any atom is 0.234 e. The lowest BCUT2D eigenvalue weighted by molar-refractivity contribution is -0.122. The molecule has 1 aromatic carbocycles. The molecule has 1 aliphatic rings. The standard InChI is InChI=1S/C15H22BrN3O.ClH/c1-11(12-3-5-13(16)6-4-12)18-15(20)10-19-8-7-14(9-19)17-2;/h3-6,11,14,17H,7-10H2,1-2H3,(H,18,20);1H. The molecular weight excluding hydrogens is 354 g/mol. The number of rotatable bonds is 5. The van der Waals surface area contributed by atoms with Gasteiger partial charge in [-0.05, 0) is 38.1 Å². The minimum atomic E-state index is 0. The summed E-state index contributed by atoms with van der Waals surface area (Å²) in [5.41, 5.74) is 1.12. The van der Waals surface area contributed by atoms with Crippen molar-refractivity contribution in [2.45, 2.75) is 25.4 Å². The minimum Gasteiger partial charge on any atom is -0.348 e. The molecule has 2 unspecified atom stereocenters. The van der Waals surface area contributed by atoms with Gasteiger partial charge in [0.15, 0.2) is 0 Å². The molecule has 1 aromatic rings. The van der Waals surface area contributed by atoms with Gasteiger partial charge in [0.25, 0.3) is 0 Å². The molecule has 0 aromatic heterocycles. The second-order valence-electron chi connectivity index (χ2n) is 5.35. The van der Waals surface area contributed by atoms with Crippen LogP contribution in [0.1, 0.15) is 24.9 Å². The molecule has 0 spiro atoms. The van der Waals surface area contributed by atoms with Crippen molar-refractivity contribution >= 4 is 34.2 Å². The van der Waals surface area contributed by atoms with Crippen LogP contribution >= 0.6 is 28.3 Å². The third-order valence-corrected chi connectivity index (χ3v) is 4.32. The quantitative estimate of drug-likeness (QED) is 0.829. The van der Waals surface area contributed by atoms with Crippen LogP contribution in [0.2, 0.25) is 0 Å². The number of halogens is 2. The summed E-state index contributed by atoms with van der Waals surface area (Å²) in [5, 5.41) is 6.32. The van der Waals surface area contributed by atoms with Crippen molar-refractivity contribution in [3.63, 3.8) is 0 Å². The highest BCUT2D eigenvalue weighted by Crippen LogP contribution is 2.16. The molecule has 2 rings (SSSR count). The molecule has 118 valence electrons. The maximum atomic E-state index is 12.1. The Morgan fingerprint density at radius 2 is 2.10 bits per heavy atom. The first-order valence-electron chi connectivity index (χ1n) is 7.03. The van der Waals surface area contributed by atoms with Gasteiger partial charge in [0, 0.05) is 23.6 Å². The number of nitrogens with one attached hydrogen (secondary N) is 2. The summed E-state index contributed by atoms with van der Waals surface area (Å²) in [6, 6.07) is 8.61. The predicted molar refractivity (Wildman–Crippen MR) is 91.9 cm³/mol. The first-order valence-corrected chi connectivity index (χ1v) is 7.82. The molecule has 6 heteroatoms. The fraction of sp³-hybridized carbons (Fsp3) is 0.533. The van der Waals surface area contributed by atoms with E-state index in [0.29, 0.717) is 12.6 Å². The Balaban J connectivity index is 0.00000220. The first-order chi connectivity index (χ1) is 9.58. The van der Waals surface area contributed by atoms with Crippen LogP contribution in [0, 0.1) is 0 Å². The largest absolute Gasteiger partial charge is 0.348 e. The molecule has 0 radical (unpaired) electrons. The number of hydrogen-bond acceptors (Lipinski definition) is 3. The number of carbonyl (C=O) groups excluding carboxylic acids is 1. The number of carbonyl (C=O) groups is 1. The molecule has 1 saturated heterocycles. The Hall–Kier alpha value is -0.620. The summed E-state index contributed by atoms with van der Waals surface area (Å²) in [7, 11) is 1.98. The molecular formula is C15H23BrClN3O. The smallest absolute Gasteiger partial charge is 0.234 e. The lowest BCUT2D eigenvalue weighted by Gasteiger charge is -2.19. The van der Waals surface area contributed by atoms with E-state index in [1.807, 2.05) is 38.2 Å². The second-order valence-corrected chi connectivity index (χ2v) is 6.27. The van der Waals surface area contributed by atoms with Gasteiger partial charge in [-0.25, -0.2) is 0 Å². The van der Waals surface area contributed by atoms with E-state index < -0.39 is 0 Å². The van der Waals surface area contributed by atoms with Crippen molar-refractivity contribution < 1.29 is 4.79 Å². The van der Waals surface area contributed by atoms with E-state index in [2.05, 4.69) is 31.5 Å². The Kier molecular flexibility index (Phi) is 7.66. The SMILES string of the molecule is CNC1CCN(CC(=O)NC(C)c2ccc(Br)cc2)C1.Cl. The van der Waals surface area contributed by atoms with Crippen molar-refractivity contribution in [1.82, 2.24) is 15.5 Å². The van der Waals surface area contributed by atoms with E-state index >= 15 is 0 Å². The van der Waals surface area contributed by atoms with Crippen LogP contribution in [0.15, 0.2) is 28.7 Å². The van der Waals surface area contributed by atoms with Gasteiger partial charge in [0.05, 0.1) is 12.6 Å². The number of likely N-dealkylation sites (N-methyl/N-ethyl adjacent to an activating group) is 1. The van der Waals surface area contributed by atoms with Gasteiger partial charge in [-0.3, -0.25) is 9.69 Å². The van der Waals surface area contributed by atoms with Gasteiger partial charge in [-0.15, -0.1) is 12.4 Å². The van der Waals surface area contributed by atoms with Gasteiger partial charge in [-0.1, -0.05) is 28.1 Å². The normalized spacial score (nSPS) is 19.9. The van der Waals surface area contributed by atoms with Crippen molar-refractivity contribution in [1.29, 1.82) is 0 Å². The van der Waals surface area contributed by atoms with Crippen molar-refractivity contribution in [3.05, 3.63) is 34.3 Å². The lowest BCUT2D eigenvalue weighted by Crippen LogP contribution is -2.38. The van der Waals surface area contributed by atoms with E-state index in [0.717, 1.165) is 29.5 Å². The van der Waals surface area contributed by atoms with Gasteiger partial charge in [0.2, 0.25) is 5.91 Å². The predicted octanol–water partition coefficient (Wildman–Crippen LogP) is 2.34. The Bertz CT molecular complexity index is 455. The van der Waals surface area contributed by atoms with E-state index in [-0.39, 0.29) is 24.4 Å². The van der Waals surface area contributed by atoms with E-state index in [1.165, 1.54) is 0 Å². The molecule has 0 saturated carbocycles. The molecule has 1 fully saturated rings. The van der Waals surface area contributed by atoms with Gasteiger partial charge >= 0.3 is 0 Å². The van der Waals surface area contributed by atoms with Gasteiger partial charge in [-0.2, -0.15) is 0 Å². The number of hydrogen-bond donors (Lipinski definition) is 2. The zero-order valence-corrected chi connectivity index (χ0v) is 14.8. The molecule has 2 atom stereocenters. The summed E-state index contributed by atoms with van der Waals surface area (Å²) in [4.78, 5) is 14.3. The van der Waals surface area contributed by atoms with Gasteiger partial charge < -0.3 is 10.6 Å². The topological polar surface area (TPSA) is 44.4 Å². The number of nitrogens with zero attached hydrogens (tertiary/aromatic N) is 1. The molecule has 1 aliphatic heterocycles. The average molecular weight is 377 g/mol. The second kappa shape index (κ2) is 8.73. The van der Waals surface area contributed by atoms with Crippen LogP contribution in [0.3, 0.4) is 0 Å². The van der Waals surface area contributed by atoms with E-state index in [1.54, 1.807) is 0 Å². The molecule has 0 bridgehead atoms. The Morgan fingerprint density at radius 3 is 2.67 bits per heavy atom. The van der Waals surface area contributed by atoms with Gasteiger partial charge in [0.1, 0.15) is 0 Å². The number of amides is 1. The molecule has 1 heterocycles. The van der Waals surface area contributed by atoms with Crippen LogP contribution in [-0.2, 0) is 4.79 Å². The summed E-state index contributed by atoms with van der Waals surface area (Å²) in [6.07, 6.45) is 1.12. The molecule has 21 heavy (non-hydrogen) atoms. The third kappa shape index (κ3) is 5.58. The first kappa shape index (κ1) is 18.4. The maximum absolute atomic E-state index is 12.1. The van der Waals surface area contributed by atoms with Crippen LogP contribution in [-0.4, -0.2) is 43.5 Å². The van der Waals surface area contributed by atoms with E-state index in [9.17, 15) is 4.79 Å². The van der Waals surface area contributed by atoms with Crippen LogP contribution < -0.4 is 10.6 Å². The molecule has 1 amide bonds. The summed E-state index contributed by atoms with van der Waals surface area (Å²) in [6.45, 7) is 4.45. The fourth-order valence-electron chi connectivity index (χ4n) is 2.54. The van der Waals surface area contributed by atoms with Crippen LogP contribution in [0.4, 0.5) is 0 Å². The molecule has 2 N–H and O–H groups in total. The molecule has 4 nitrogen and oxygen atoms in total. The Labute approximate surface area is 141 Å². The number of likely N-dealkylation sites (tertiary alicyclic amines) is 1. The summed E-state index contributed by atoms with van der Waals surface area (Å²) in [5.74, 6) is 0.0946. The molecule has 0 aliphatic carbocycles. The van der Waals surface area contributed by atoms with Crippen molar-refractivity contribution in [3.8, 4) is 0 Å². The highest BCUT2D eigenvalue weighted by atomic mass is 79.9. The lowest BCUT2D eigenvalue weighted by atomic mass is 10.1. The highest BCUT2D eigenvalue weighted by molar-refractivity contribution is 9.10. The fourth-order valence-corrected chi connectivity index (χ4v) is 2.80. The minimum absolute atomic E-state index is 0.